The molecule has 0 unspecified atom stereocenters. The van der Waals surface area contributed by atoms with Gasteiger partial charge in [0.15, 0.2) is 0 Å². The van der Waals surface area contributed by atoms with Gasteiger partial charge in [-0.3, -0.25) is 4.98 Å². The van der Waals surface area contributed by atoms with Crippen molar-refractivity contribution in [3.05, 3.63) is 42.2 Å². The first kappa shape index (κ1) is 10.5. The number of hydrogen-bond donors (Lipinski definition) is 0. The summed E-state index contributed by atoms with van der Waals surface area (Å²) in [5.74, 6) is 0. The SMILES string of the molecule is CC(C)(N=C=O)c1cccc2cnccc12. The Hall–Kier alpha value is -1.99. The van der Waals surface area contributed by atoms with Gasteiger partial charge in [-0.25, -0.2) is 4.79 Å². The standard InChI is InChI=1S/C13H12N2O/c1-13(2,15-9-16)12-5-3-4-10-8-14-7-6-11(10)12/h3-8H,1-2H3. The summed E-state index contributed by atoms with van der Waals surface area (Å²) in [5.41, 5.74) is 0.457. The van der Waals surface area contributed by atoms with Gasteiger partial charge in [-0.05, 0) is 30.9 Å². The Labute approximate surface area is 93.8 Å². The van der Waals surface area contributed by atoms with Crippen molar-refractivity contribution in [3.8, 4) is 0 Å². The van der Waals surface area contributed by atoms with E-state index in [1.807, 2.05) is 38.1 Å². The minimum absolute atomic E-state index is 0.553. The molecule has 3 heteroatoms. The number of rotatable bonds is 2. The molecule has 0 aliphatic heterocycles. The van der Waals surface area contributed by atoms with Crippen molar-refractivity contribution in [3.63, 3.8) is 0 Å². The van der Waals surface area contributed by atoms with Gasteiger partial charge in [0.05, 0.1) is 5.54 Å². The van der Waals surface area contributed by atoms with E-state index in [0.29, 0.717) is 0 Å². The maximum atomic E-state index is 10.4. The van der Waals surface area contributed by atoms with Crippen molar-refractivity contribution in [2.45, 2.75) is 19.4 Å². The van der Waals surface area contributed by atoms with Crippen molar-refractivity contribution in [1.29, 1.82) is 0 Å². The van der Waals surface area contributed by atoms with Crippen LogP contribution in [0, 0.1) is 0 Å². The summed E-state index contributed by atoms with van der Waals surface area (Å²) >= 11 is 0. The molecule has 1 aromatic heterocycles. The van der Waals surface area contributed by atoms with Crippen molar-refractivity contribution in [1.82, 2.24) is 4.98 Å². The lowest BCUT2D eigenvalue weighted by Crippen LogP contribution is -2.13. The quantitative estimate of drug-likeness (QED) is 0.567. The Morgan fingerprint density at radius 3 is 2.88 bits per heavy atom. The van der Waals surface area contributed by atoms with E-state index in [0.717, 1.165) is 16.3 Å². The Morgan fingerprint density at radius 1 is 1.31 bits per heavy atom. The zero-order chi connectivity index (χ0) is 11.6. The van der Waals surface area contributed by atoms with Gasteiger partial charge in [-0.15, -0.1) is 0 Å². The summed E-state index contributed by atoms with van der Waals surface area (Å²) in [4.78, 5) is 18.4. The molecule has 0 saturated carbocycles. The third-order valence-corrected chi connectivity index (χ3v) is 2.67. The molecule has 0 fully saturated rings. The number of isocyanates is 1. The largest absolute Gasteiger partial charge is 0.264 e. The third kappa shape index (κ3) is 1.73. The van der Waals surface area contributed by atoms with Gasteiger partial charge in [0.1, 0.15) is 0 Å². The average molecular weight is 212 g/mol. The number of pyridine rings is 1. The number of benzene rings is 1. The Balaban J connectivity index is 2.74. The molecule has 0 saturated heterocycles. The normalized spacial score (nSPS) is 11.1. The van der Waals surface area contributed by atoms with Crippen LogP contribution >= 0.6 is 0 Å². The molecular weight excluding hydrogens is 200 g/mol. The second-order valence-corrected chi connectivity index (χ2v) is 4.16. The molecule has 80 valence electrons. The number of hydrogen-bond acceptors (Lipinski definition) is 3. The van der Waals surface area contributed by atoms with Gasteiger partial charge < -0.3 is 0 Å². The van der Waals surface area contributed by atoms with Crippen LogP contribution in [0.1, 0.15) is 19.4 Å². The van der Waals surface area contributed by atoms with E-state index in [-0.39, 0.29) is 0 Å². The highest BCUT2D eigenvalue weighted by atomic mass is 16.1. The number of fused-ring (bicyclic) bond motifs is 1. The van der Waals surface area contributed by atoms with Crippen LogP contribution in [0.25, 0.3) is 10.8 Å². The van der Waals surface area contributed by atoms with Crippen LogP contribution in [0.3, 0.4) is 0 Å². The molecule has 0 bridgehead atoms. The smallest absolute Gasteiger partial charge is 0.235 e. The molecule has 1 aromatic carbocycles. The number of carbonyl (C=O) groups excluding carboxylic acids is 1. The van der Waals surface area contributed by atoms with Gasteiger partial charge in [0.25, 0.3) is 0 Å². The van der Waals surface area contributed by atoms with Gasteiger partial charge in [0, 0.05) is 17.8 Å². The molecule has 0 amide bonds. The highest BCUT2D eigenvalue weighted by Gasteiger charge is 2.21. The first-order chi connectivity index (χ1) is 7.65. The van der Waals surface area contributed by atoms with Gasteiger partial charge in [-0.1, -0.05) is 18.2 Å². The number of nitrogens with zero attached hydrogens (tertiary/aromatic N) is 2. The Bertz CT molecular complexity index is 564. The molecule has 0 atom stereocenters. The van der Waals surface area contributed by atoms with Crippen molar-refractivity contribution in [2.24, 2.45) is 4.99 Å². The van der Waals surface area contributed by atoms with Crippen molar-refractivity contribution >= 4 is 16.9 Å². The molecular formula is C13H12N2O. The lowest BCUT2D eigenvalue weighted by molar-refractivity contribution is 0.525. The predicted octanol–water partition coefficient (Wildman–Crippen LogP) is 2.81. The first-order valence-electron chi connectivity index (χ1n) is 5.07. The summed E-state index contributed by atoms with van der Waals surface area (Å²) in [5, 5.41) is 2.12. The van der Waals surface area contributed by atoms with Gasteiger partial charge >= 0.3 is 0 Å². The van der Waals surface area contributed by atoms with E-state index in [9.17, 15) is 4.79 Å². The van der Waals surface area contributed by atoms with E-state index in [4.69, 9.17) is 0 Å². The molecule has 1 heterocycles. The monoisotopic (exact) mass is 212 g/mol. The topological polar surface area (TPSA) is 42.3 Å². The highest BCUT2D eigenvalue weighted by Crippen LogP contribution is 2.30. The van der Waals surface area contributed by atoms with E-state index in [2.05, 4.69) is 9.98 Å². The fraction of sp³-hybridized carbons (Fsp3) is 0.231. The van der Waals surface area contributed by atoms with Crippen LogP contribution in [0.15, 0.2) is 41.7 Å². The molecule has 0 aliphatic carbocycles. The van der Waals surface area contributed by atoms with Crippen molar-refractivity contribution < 1.29 is 4.79 Å². The van der Waals surface area contributed by atoms with E-state index in [1.165, 1.54) is 0 Å². The third-order valence-electron chi connectivity index (χ3n) is 2.67. The summed E-state index contributed by atoms with van der Waals surface area (Å²) in [6.07, 6.45) is 5.18. The maximum absolute atomic E-state index is 10.4. The first-order valence-corrected chi connectivity index (χ1v) is 5.07. The fourth-order valence-electron chi connectivity index (χ4n) is 1.83. The van der Waals surface area contributed by atoms with Crippen LogP contribution < -0.4 is 0 Å². The summed E-state index contributed by atoms with van der Waals surface area (Å²) in [6.45, 7) is 3.79. The van der Waals surface area contributed by atoms with Crippen molar-refractivity contribution in [2.75, 3.05) is 0 Å². The molecule has 2 rings (SSSR count). The highest BCUT2D eigenvalue weighted by molar-refractivity contribution is 5.85. The minimum Gasteiger partial charge on any atom is -0.264 e. The molecule has 0 aliphatic rings. The summed E-state index contributed by atoms with van der Waals surface area (Å²) in [7, 11) is 0. The molecule has 2 aromatic rings. The average Bonchev–Trinajstić information content (AvgIpc) is 2.28. The van der Waals surface area contributed by atoms with Gasteiger partial charge in [-0.2, -0.15) is 4.99 Å². The predicted molar refractivity (Wildman–Crippen MR) is 62.9 cm³/mol. The molecule has 0 N–H and O–H groups in total. The maximum Gasteiger partial charge on any atom is 0.235 e. The van der Waals surface area contributed by atoms with Crippen LogP contribution in [0.2, 0.25) is 0 Å². The lowest BCUT2D eigenvalue weighted by atomic mass is 9.91. The Kier molecular flexibility index (Phi) is 2.55. The lowest BCUT2D eigenvalue weighted by Gasteiger charge is -2.19. The van der Waals surface area contributed by atoms with Gasteiger partial charge in [0.2, 0.25) is 6.08 Å². The van der Waals surface area contributed by atoms with E-state index in [1.54, 1.807) is 18.5 Å². The van der Waals surface area contributed by atoms with Crippen LogP contribution in [-0.4, -0.2) is 11.1 Å². The zero-order valence-electron chi connectivity index (χ0n) is 9.27. The molecule has 0 radical (unpaired) electrons. The summed E-state index contributed by atoms with van der Waals surface area (Å²) in [6, 6.07) is 7.85. The zero-order valence-corrected chi connectivity index (χ0v) is 9.27. The summed E-state index contributed by atoms with van der Waals surface area (Å²) < 4.78 is 0. The Morgan fingerprint density at radius 2 is 2.12 bits per heavy atom. The molecule has 16 heavy (non-hydrogen) atoms. The number of aliphatic imine (C=N–C) groups is 1. The van der Waals surface area contributed by atoms with E-state index >= 15 is 0 Å². The van der Waals surface area contributed by atoms with Crippen LogP contribution in [-0.2, 0) is 10.3 Å². The second kappa shape index (κ2) is 3.87. The van der Waals surface area contributed by atoms with E-state index < -0.39 is 5.54 Å². The fourth-order valence-corrected chi connectivity index (χ4v) is 1.83. The van der Waals surface area contributed by atoms with Crippen LogP contribution in [0.4, 0.5) is 0 Å². The minimum atomic E-state index is -0.553. The second-order valence-electron chi connectivity index (χ2n) is 4.16. The molecule has 3 nitrogen and oxygen atoms in total. The number of aromatic nitrogens is 1. The molecule has 0 spiro atoms. The van der Waals surface area contributed by atoms with Crippen LogP contribution in [0.5, 0.6) is 0 Å².